The number of hydrogen-bond acceptors (Lipinski definition) is 8. The molecule has 3 rings (SSSR count). The summed E-state index contributed by atoms with van der Waals surface area (Å²) in [5.74, 6) is -1.26. The Balaban J connectivity index is 1.51. The summed E-state index contributed by atoms with van der Waals surface area (Å²) >= 11 is 0. The number of nitrogens with zero attached hydrogens (tertiary/aromatic N) is 1. The molecular formula is C24H29N5O7S. The first-order valence-corrected chi connectivity index (χ1v) is 13.0. The second-order valence-electron chi connectivity index (χ2n) is 8.15. The third-order valence-corrected chi connectivity index (χ3v) is 6.93. The summed E-state index contributed by atoms with van der Waals surface area (Å²) in [4.78, 5) is 40.2. The average molecular weight is 532 g/mol. The highest BCUT2D eigenvalue weighted by molar-refractivity contribution is 7.89. The Kier molecular flexibility index (Phi) is 9.57. The second-order valence-corrected chi connectivity index (χ2v) is 9.87. The van der Waals surface area contributed by atoms with Crippen molar-refractivity contribution >= 4 is 33.8 Å². The van der Waals surface area contributed by atoms with E-state index >= 15 is 0 Å². The van der Waals surface area contributed by atoms with Crippen LogP contribution in [0.25, 0.3) is 0 Å². The zero-order valence-corrected chi connectivity index (χ0v) is 21.0. The van der Waals surface area contributed by atoms with E-state index in [0.717, 1.165) is 18.5 Å². The number of aliphatic carboxylic acids is 1. The Labute approximate surface area is 214 Å². The molecular weight excluding hydrogens is 502 g/mol. The number of sulfonamides is 1. The number of benzene rings is 2. The second kappa shape index (κ2) is 12.8. The standard InChI is InChI=1S/C24H29N5O7S/c1-36-18-8-10-19(11-9-18)37(34,35)29-20(23(32)33)15-27-22(31)17-6-3-16(4-7-17)5-12-21(30)28-24-25-13-2-14-26-24/h3-4,6-11,20,29H,2,5,12-15H2,1H3,(H,27,31)(H,32,33)(H2,25,26,28,30). The first kappa shape index (κ1) is 27.6. The Morgan fingerprint density at radius 2 is 1.81 bits per heavy atom. The number of carbonyl (C=O) groups excluding carboxylic acids is 2. The fourth-order valence-electron chi connectivity index (χ4n) is 3.38. The highest BCUT2D eigenvalue weighted by Crippen LogP contribution is 2.15. The quantitative estimate of drug-likeness (QED) is 0.274. The summed E-state index contributed by atoms with van der Waals surface area (Å²) < 4.78 is 32.2. The maximum Gasteiger partial charge on any atom is 0.323 e. The van der Waals surface area contributed by atoms with Crippen LogP contribution in [-0.4, -0.2) is 70.1 Å². The Morgan fingerprint density at radius 3 is 2.41 bits per heavy atom. The average Bonchev–Trinajstić information content (AvgIpc) is 2.90. The van der Waals surface area contributed by atoms with Crippen molar-refractivity contribution in [3.8, 4) is 5.75 Å². The molecule has 198 valence electrons. The van der Waals surface area contributed by atoms with E-state index in [4.69, 9.17) is 4.74 Å². The van der Waals surface area contributed by atoms with Crippen LogP contribution >= 0.6 is 0 Å². The molecule has 0 radical (unpaired) electrons. The Morgan fingerprint density at radius 1 is 1.11 bits per heavy atom. The van der Waals surface area contributed by atoms with Crippen LogP contribution in [0.3, 0.4) is 0 Å². The van der Waals surface area contributed by atoms with Gasteiger partial charge in [-0.3, -0.25) is 24.7 Å². The number of aliphatic imine (C=N–C) groups is 1. The van der Waals surface area contributed by atoms with Crippen molar-refractivity contribution in [2.45, 2.75) is 30.2 Å². The van der Waals surface area contributed by atoms with Gasteiger partial charge in [0.1, 0.15) is 11.8 Å². The van der Waals surface area contributed by atoms with E-state index in [2.05, 4.69) is 25.7 Å². The van der Waals surface area contributed by atoms with Crippen LogP contribution in [0.1, 0.15) is 28.8 Å². The van der Waals surface area contributed by atoms with Gasteiger partial charge in [0.2, 0.25) is 15.9 Å². The van der Waals surface area contributed by atoms with Crippen LogP contribution in [0, 0.1) is 0 Å². The normalized spacial score (nSPS) is 14.0. The van der Waals surface area contributed by atoms with Gasteiger partial charge in [0.05, 0.1) is 12.0 Å². The number of carboxylic acids is 1. The zero-order valence-electron chi connectivity index (χ0n) is 20.2. The highest BCUT2D eigenvalue weighted by Gasteiger charge is 2.26. The monoisotopic (exact) mass is 531 g/mol. The summed E-state index contributed by atoms with van der Waals surface area (Å²) in [5.41, 5.74) is 1.09. The molecule has 0 saturated carbocycles. The molecule has 0 spiro atoms. The molecule has 1 aliphatic heterocycles. The van der Waals surface area contributed by atoms with Crippen LogP contribution in [0.5, 0.6) is 5.75 Å². The van der Waals surface area contributed by atoms with Crippen molar-refractivity contribution in [2.24, 2.45) is 4.99 Å². The van der Waals surface area contributed by atoms with Gasteiger partial charge in [0.25, 0.3) is 5.91 Å². The molecule has 0 saturated heterocycles. The Hall–Kier alpha value is -3.97. The van der Waals surface area contributed by atoms with Crippen LogP contribution < -0.4 is 25.4 Å². The number of amides is 2. The van der Waals surface area contributed by atoms with Gasteiger partial charge >= 0.3 is 5.97 Å². The summed E-state index contributed by atoms with van der Waals surface area (Å²) in [6.45, 7) is 0.974. The van der Waals surface area contributed by atoms with Crippen molar-refractivity contribution < 1.29 is 32.6 Å². The first-order valence-electron chi connectivity index (χ1n) is 11.5. The molecule has 1 unspecified atom stereocenters. The molecule has 2 aromatic rings. The first-order chi connectivity index (χ1) is 17.7. The number of carbonyl (C=O) groups is 3. The van der Waals surface area contributed by atoms with E-state index in [1.165, 1.54) is 31.4 Å². The smallest absolute Gasteiger partial charge is 0.323 e. The number of methoxy groups -OCH3 is 1. The molecule has 37 heavy (non-hydrogen) atoms. The van der Waals surface area contributed by atoms with Crippen molar-refractivity contribution in [3.05, 3.63) is 59.7 Å². The number of carboxylic acid groups (broad SMARTS) is 1. The van der Waals surface area contributed by atoms with Crippen molar-refractivity contribution in [3.63, 3.8) is 0 Å². The summed E-state index contributed by atoms with van der Waals surface area (Å²) in [6, 6.07) is 10.3. The van der Waals surface area contributed by atoms with Crippen molar-refractivity contribution in [1.82, 2.24) is 20.7 Å². The van der Waals surface area contributed by atoms with E-state index in [1.807, 2.05) is 0 Å². The molecule has 0 aromatic heterocycles. The van der Waals surface area contributed by atoms with E-state index in [-0.39, 0.29) is 22.8 Å². The van der Waals surface area contributed by atoms with E-state index in [9.17, 15) is 27.9 Å². The largest absolute Gasteiger partial charge is 0.497 e. The minimum Gasteiger partial charge on any atom is -0.497 e. The molecule has 1 aliphatic rings. The van der Waals surface area contributed by atoms with Crippen LogP contribution in [-0.2, 0) is 26.0 Å². The van der Waals surface area contributed by atoms with Crippen molar-refractivity contribution in [1.29, 1.82) is 0 Å². The number of rotatable bonds is 11. The maximum atomic E-state index is 12.6. The van der Waals surface area contributed by atoms with Crippen LogP contribution in [0.2, 0.25) is 0 Å². The van der Waals surface area contributed by atoms with Gasteiger partial charge in [0.15, 0.2) is 5.96 Å². The third kappa shape index (κ3) is 8.29. The van der Waals surface area contributed by atoms with E-state index in [0.29, 0.717) is 24.7 Å². The molecule has 1 heterocycles. The number of hydrogen-bond donors (Lipinski definition) is 5. The highest BCUT2D eigenvalue weighted by atomic mass is 32.2. The number of nitrogens with one attached hydrogen (secondary N) is 4. The predicted molar refractivity (Wildman–Crippen MR) is 135 cm³/mol. The maximum absolute atomic E-state index is 12.6. The van der Waals surface area contributed by atoms with Gasteiger partial charge in [-0.05, 0) is 54.8 Å². The third-order valence-electron chi connectivity index (χ3n) is 5.44. The SMILES string of the molecule is COc1ccc(S(=O)(=O)NC(CNC(=O)c2ccc(CCC(=O)NC3=NCCCN3)cc2)C(=O)O)cc1. The molecule has 0 fully saturated rings. The molecule has 0 bridgehead atoms. The summed E-state index contributed by atoms with van der Waals surface area (Å²) in [6.07, 6.45) is 1.62. The van der Waals surface area contributed by atoms with Gasteiger partial charge in [-0.15, -0.1) is 0 Å². The topological polar surface area (TPSA) is 175 Å². The lowest BCUT2D eigenvalue weighted by molar-refractivity contribution is -0.138. The van der Waals surface area contributed by atoms with Gasteiger partial charge in [-0.25, -0.2) is 8.42 Å². The molecule has 1 atom stereocenters. The Bertz CT molecular complexity index is 1250. The van der Waals surface area contributed by atoms with Crippen LogP contribution in [0.4, 0.5) is 0 Å². The van der Waals surface area contributed by atoms with Crippen molar-refractivity contribution in [2.75, 3.05) is 26.7 Å². The van der Waals surface area contributed by atoms with E-state index < -0.39 is 34.5 Å². The minimum absolute atomic E-state index is 0.141. The fourth-order valence-corrected chi connectivity index (χ4v) is 4.57. The van der Waals surface area contributed by atoms with Gasteiger partial charge in [-0.1, -0.05) is 12.1 Å². The van der Waals surface area contributed by atoms with Crippen LogP contribution in [0.15, 0.2) is 58.4 Å². The fraction of sp³-hybridized carbons (Fsp3) is 0.333. The lowest BCUT2D eigenvalue weighted by Crippen LogP contribution is -2.48. The molecule has 2 amide bonds. The molecule has 2 aromatic carbocycles. The molecule has 13 heteroatoms. The number of aryl methyl sites for hydroxylation is 1. The van der Waals surface area contributed by atoms with E-state index in [1.54, 1.807) is 24.3 Å². The molecule has 5 N–H and O–H groups in total. The molecule has 12 nitrogen and oxygen atoms in total. The summed E-state index contributed by atoms with van der Waals surface area (Å²) in [7, 11) is -2.72. The lowest BCUT2D eigenvalue weighted by atomic mass is 10.1. The van der Waals surface area contributed by atoms with Gasteiger partial charge < -0.3 is 20.5 Å². The predicted octanol–water partition coefficient (Wildman–Crippen LogP) is 0.255. The summed E-state index contributed by atoms with van der Waals surface area (Å²) in [5, 5.41) is 17.6. The van der Waals surface area contributed by atoms with Gasteiger partial charge in [0, 0.05) is 31.6 Å². The molecule has 0 aliphatic carbocycles. The number of guanidine groups is 1. The lowest BCUT2D eigenvalue weighted by Gasteiger charge is -2.16. The zero-order chi connectivity index (χ0) is 26.8. The number of ether oxygens (including phenoxy) is 1. The van der Waals surface area contributed by atoms with Gasteiger partial charge in [-0.2, -0.15) is 4.72 Å². The minimum atomic E-state index is -4.15.